The number of alkyl halides is 3. The van der Waals surface area contributed by atoms with Crippen LogP contribution in [0.25, 0.3) is 0 Å². The highest BCUT2D eigenvalue weighted by Crippen LogP contribution is 2.24. The molecule has 0 saturated carbocycles. The number of hydrogen-bond acceptors (Lipinski definition) is 5. The van der Waals surface area contributed by atoms with Crippen LogP contribution in [-0.2, 0) is 0 Å². The molecule has 0 aliphatic carbocycles. The van der Waals surface area contributed by atoms with Gasteiger partial charge in [0.25, 0.3) is 5.91 Å². The van der Waals surface area contributed by atoms with E-state index >= 15 is 0 Å². The Hall–Kier alpha value is -3.04. The normalized spacial score (nSPS) is 11.0. The summed E-state index contributed by atoms with van der Waals surface area (Å²) in [6.45, 7) is 0. The highest BCUT2D eigenvalue weighted by Gasteiger charge is 2.31. The first-order chi connectivity index (χ1) is 10.2. The summed E-state index contributed by atoms with van der Waals surface area (Å²) < 4.78 is 44.3. The molecule has 2 rings (SSSR count). The summed E-state index contributed by atoms with van der Waals surface area (Å²) in [5, 5.41) is 12.7. The first-order valence-electron chi connectivity index (χ1n) is 5.66. The molecule has 0 aliphatic rings. The van der Waals surface area contributed by atoms with E-state index in [2.05, 4.69) is 14.5 Å². The maximum Gasteiger partial charge on any atom is 0.573 e. The molecule has 0 aliphatic heterocycles. The summed E-state index contributed by atoms with van der Waals surface area (Å²) in [5.74, 6) is -2.13. The molecule has 1 heterocycles. The maximum absolute atomic E-state index is 12.0. The number of halogens is 3. The Balaban J connectivity index is 2.03. The Labute approximate surface area is 120 Å². The lowest BCUT2D eigenvalue weighted by Crippen LogP contribution is -2.17. The van der Waals surface area contributed by atoms with Gasteiger partial charge in [0.05, 0.1) is 6.07 Å². The van der Waals surface area contributed by atoms with Crippen molar-refractivity contribution in [2.45, 2.75) is 6.36 Å². The van der Waals surface area contributed by atoms with Crippen LogP contribution in [0, 0.1) is 10.1 Å². The number of nitrogens with zero attached hydrogens (tertiary/aromatic N) is 1. The van der Waals surface area contributed by atoms with Crippen LogP contribution in [0.4, 0.5) is 24.7 Å². The van der Waals surface area contributed by atoms with Crippen molar-refractivity contribution in [3.05, 3.63) is 52.3 Å². The summed E-state index contributed by atoms with van der Waals surface area (Å²) in [4.78, 5) is 21.3. The first kappa shape index (κ1) is 15.4. The predicted molar refractivity (Wildman–Crippen MR) is 66.4 cm³/mol. The van der Waals surface area contributed by atoms with Gasteiger partial charge in [-0.2, -0.15) is 0 Å². The number of rotatable bonds is 4. The van der Waals surface area contributed by atoms with E-state index in [0.717, 1.165) is 24.3 Å². The Bertz CT molecular complexity index is 694. The number of amides is 1. The second-order valence-corrected chi connectivity index (χ2v) is 3.92. The number of benzene rings is 1. The molecule has 7 nitrogen and oxygen atoms in total. The lowest BCUT2D eigenvalue weighted by Gasteiger charge is -2.09. The summed E-state index contributed by atoms with van der Waals surface area (Å²) in [6.07, 6.45) is -4.81. The quantitative estimate of drug-likeness (QED) is 0.689. The van der Waals surface area contributed by atoms with Gasteiger partial charge in [0, 0.05) is 5.69 Å². The number of furan rings is 1. The third-order valence-electron chi connectivity index (χ3n) is 2.34. The Kier molecular flexibility index (Phi) is 4.02. The first-order valence-corrected chi connectivity index (χ1v) is 5.66. The zero-order chi connectivity index (χ0) is 16.3. The molecule has 22 heavy (non-hydrogen) atoms. The zero-order valence-corrected chi connectivity index (χ0v) is 10.6. The summed E-state index contributed by atoms with van der Waals surface area (Å²) in [5.41, 5.74) is 0.165. The molecule has 0 saturated heterocycles. The van der Waals surface area contributed by atoms with Crippen LogP contribution in [0.2, 0.25) is 0 Å². The van der Waals surface area contributed by atoms with Crippen LogP contribution < -0.4 is 10.1 Å². The Morgan fingerprint density at radius 1 is 1.18 bits per heavy atom. The second-order valence-electron chi connectivity index (χ2n) is 3.92. The van der Waals surface area contributed by atoms with Gasteiger partial charge in [-0.1, -0.05) is 0 Å². The van der Waals surface area contributed by atoms with Crippen molar-refractivity contribution < 1.29 is 32.0 Å². The van der Waals surface area contributed by atoms with E-state index in [1.165, 1.54) is 12.1 Å². The Morgan fingerprint density at radius 3 is 2.32 bits per heavy atom. The molecule has 0 unspecified atom stereocenters. The minimum Gasteiger partial charge on any atom is -0.406 e. The summed E-state index contributed by atoms with van der Waals surface area (Å²) in [7, 11) is 0. The third-order valence-corrected chi connectivity index (χ3v) is 2.34. The zero-order valence-electron chi connectivity index (χ0n) is 10.6. The fourth-order valence-corrected chi connectivity index (χ4v) is 1.48. The van der Waals surface area contributed by atoms with Crippen molar-refractivity contribution in [1.29, 1.82) is 0 Å². The molecule has 1 N–H and O–H groups in total. The maximum atomic E-state index is 12.0. The molecule has 116 valence electrons. The fraction of sp³-hybridized carbons (Fsp3) is 0.0833. The van der Waals surface area contributed by atoms with E-state index in [0.29, 0.717) is 0 Å². The summed E-state index contributed by atoms with van der Waals surface area (Å²) in [6, 6.07) is 6.48. The van der Waals surface area contributed by atoms with Gasteiger partial charge in [0.2, 0.25) is 0 Å². The van der Waals surface area contributed by atoms with Crippen molar-refractivity contribution >= 4 is 17.5 Å². The number of ether oxygens (including phenoxy) is 1. The fourth-order valence-electron chi connectivity index (χ4n) is 1.48. The van der Waals surface area contributed by atoms with Gasteiger partial charge in [-0.3, -0.25) is 14.9 Å². The van der Waals surface area contributed by atoms with E-state index in [1.807, 2.05) is 0 Å². The highest BCUT2D eigenvalue weighted by molar-refractivity contribution is 6.02. The molecule has 1 aromatic carbocycles. The molecule has 0 fully saturated rings. The topological polar surface area (TPSA) is 94.6 Å². The number of nitro groups is 1. The number of nitrogens with one attached hydrogen (secondary N) is 1. The molecule has 1 aromatic heterocycles. The molecule has 10 heteroatoms. The smallest absolute Gasteiger partial charge is 0.406 e. The average molecular weight is 316 g/mol. The molecule has 0 bridgehead atoms. The number of carbonyl (C=O) groups is 1. The second kappa shape index (κ2) is 5.76. The lowest BCUT2D eigenvalue weighted by molar-refractivity contribution is -0.402. The van der Waals surface area contributed by atoms with E-state index in [-0.39, 0.29) is 11.4 Å². The predicted octanol–water partition coefficient (Wildman–Crippen LogP) is 3.34. The van der Waals surface area contributed by atoms with E-state index in [1.54, 1.807) is 0 Å². The SMILES string of the molecule is O=C(Nc1ccc(OC(F)(F)F)cc1)c1ccc([N+](=O)[O-])o1. The van der Waals surface area contributed by atoms with Gasteiger partial charge in [0.15, 0.2) is 5.76 Å². The number of anilines is 1. The lowest BCUT2D eigenvalue weighted by atomic mass is 10.3. The van der Waals surface area contributed by atoms with Gasteiger partial charge in [-0.05, 0) is 30.3 Å². The van der Waals surface area contributed by atoms with Crippen LogP contribution in [-0.4, -0.2) is 17.2 Å². The minimum atomic E-state index is -4.81. The van der Waals surface area contributed by atoms with Crippen molar-refractivity contribution in [1.82, 2.24) is 0 Å². The molecule has 0 atom stereocenters. The van der Waals surface area contributed by atoms with Crippen molar-refractivity contribution in [2.24, 2.45) is 0 Å². The molecular weight excluding hydrogens is 309 g/mol. The Morgan fingerprint density at radius 2 is 1.82 bits per heavy atom. The largest absolute Gasteiger partial charge is 0.573 e. The highest BCUT2D eigenvalue weighted by atomic mass is 19.4. The minimum absolute atomic E-state index is 0.165. The molecule has 2 aromatic rings. The molecule has 0 radical (unpaired) electrons. The van der Waals surface area contributed by atoms with Crippen LogP contribution in [0.5, 0.6) is 5.75 Å². The monoisotopic (exact) mass is 316 g/mol. The van der Waals surface area contributed by atoms with Gasteiger partial charge >= 0.3 is 12.2 Å². The van der Waals surface area contributed by atoms with Gasteiger partial charge in [-0.15, -0.1) is 13.2 Å². The van der Waals surface area contributed by atoms with Crippen molar-refractivity contribution in [3.63, 3.8) is 0 Å². The van der Waals surface area contributed by atoms with E-state index < -0.39 is 28.8 Å². The van der Waals surface area contributed by atoms with Crippen LogP contribution in [0.1, 0.15) is 10.6 Å². The summed E-state index contributed by atoms with van der Waals surface area (Å²) >= 11 is 0. The van der Waals surface area contributed by atoms with E-state index in [4.69, 9.17) is 0 Å². The third kappa shape index (κ3) is 3.98. The average Bonchev–Trinajstić information content (AvgIpc) is 2.89. The van der Waals surface area contributed by atoms with Gasteiger partial charge in [0.1, 0.15) is 10.7 Å². The van der Waals surface area contributed by atoms with Crippen LogP contribution in [0.15, 0.2) is 40.8 Å². The van der Waals surface area contributed by atoms with Gasteiger partial charge < -0.3 is 14.5 Å². The van der Waals surface area contributed by atoms with Crippen molar-refractivity contribution in [3.8, 4) is 5.75 Å². The van der Waals surface area contributed by atoms with Crippen molar-refractivity contribution in [2.75, 3.05) is 5.32 Å². The number of hydrogen-bond donors (Lipinski definition) is 1. The van der Waals surface area contributed by atoms with Crippen LogP contribution in [0.3, 0.4) is 0 Å². The van der Waals surface area contributed by atoms with Crippen LogP contribution >= 0.6 is 0 Å². The molecule has 1 amide bonds. The molecule has 0 spiro atoms. The number of carbonyl (C=O) groups excluding carboxylic acids is 1. The standard InChI is InChI=1S/C12H7F3N2O5/c13-12(14,15)22-8-3-1-7(2-4-8)16-11(18)9-5-6-10(21-9)17(19)20/h1-6H,(H,16,18). The van der Waals surface area contributed by atoms with E-state index in [9.17, 15) is 28.1 Å². The van der Waals surface area contributed by atoms with Gasteiger partial charge in [-0.25, -0.2) is 0 Å². The molecular formula is C12H7F3N2O5.